The van der Waals surface area contributed by atoms with Crippen LogP contribution in [0.5, 0.6) is 0 Å². The number of benzene rings is 1. The molecule has 0 aliphatic carbocycles. The molecule has 2 amide bonds. The summed E-state index contributed by atoms with van der Waals surface area (Å²) >= 11 is 1.73. The number of rotatable bonds is 4. The summed E-state index contributed by atoms with van der Waals surface area (Å²) < 4.78 is 5.20. The minimum Gasteiger partial charge on any atom is -0.378 e. The fraction of sp³-hybridized carbons (Fsp3) is 0.462. The summed E-state index contributed by atoms with van der Waals surface area (Å²) in [5.74, 6) is 0.875. The van der Waals surface area contributed by atoms with Crippen molar-refractivity contribution in [1.29, 1.82) is 0 Å². The van der Waals surface area contributed by atoms with Crippen LogP contribution < -0.4 is 5.32 Å². The summed E-state index contributed by atoms with van der Waals surface area (Å²) in [5, 5.41) is 2.93. The van der Waals surface area contributed by atoms with Crippen molar-refractivity contribution >= 4 is 17.8 Å². The van der Waals surface area contributed by atoms with Crippen LogP contribution in [0, 0.1) is 6.07 Å². The van der Waals surface area contributed by atoms with Crippen LogP contribution in [0.1, 0.15) is 0 Å². The number of ether oxygens (including phenoxy) is 1. The third kappa shape index (κ3) is 4.23. The van der Waals surface area contributed by atoms with Crippen molar-refractivity contribution in [2.24, 2.45) is 0 Å². The van der Waals surface area contributed by atoms with Crippen molar-refractivity contribution in [3.05, 3.63) is 30.3 Å². The molecule has 1 saturated heterocycles. The van der Waals surface area contributed by atoms with E-state index in [0.717, 1.165) is 5.75 Å². The Bertz CT molecular complexity index is 367. The van der Waals surface area contributed by atoms with E-state index in [0.29, 0.717) is 32.8 Å². The second-order valence-corrected chi connectivity index (χ2v) is 5.08. The number of morpholine rings is 1. The van der Waals surface area contributed by atoms with Gasteiger partial charge in [-0.05, 0) is 18.2 Å². The van der Waals surface area contributed by atoms with E-state index in [1.165, 1.54) is 4.90 Å². The van der Waals surface area contributed by atoms with Crippen molar-refractivity contribution in [3.63, 3.8) is 0 Å². The number of hydrogen-bond donors (Lipinski definition) is 1. The summed E-state index contributed by atoms with van der Waals surface area (Å²) in [7, 11) is 0. The van der Waals surface area contributed by atoms with Crippen LogP contribution in [0.25, 0.3) is 0 Å². The molecule has 1 aromatic rings. The topological polar surface area (TPSA) is 41.6 Å². The first-order valence-corrected chi connectivity index (χ1v) is 7.04. The molecule has 0 bridgehead atoms. The Morgan fingerprint density at radius 1 is 1.39 bits per heavy atom. The highest BCUT2D eigenvalue weighted by molar-refractivity contribution is 7.99. The molecule has 0 atom stereocenters. The van der Waals surface area contributed by atoms with E-state index in [2.05, 4.69) is 11.4 Å². The standard InChI is InChI=1S/C13H17N2O2S/c16-13(15-7-9-17-10-8-15)14-6-11-18-12-4-2-1-3-5-12/h2-5H,6-11H2,(H,14,16). The van der Waals surface area contributed by atoms with E-state index in [9.17, 15) is 4.79 Å². The maximum Gasteiger partial charge on any atom is 0.317 e. The summed E-state index contributed by atoms with van der Waals surface area (Å²) in [4.78, 5) is 14.8. The van der Waals surface area contributed by atoms with E-state index in [1.807, 2.05) is 24.3 Å². The van der Waals surface area contributed by atoms with Gasteiger partial charge >= 0.3 is 6.03 Å². The van der Waals surface area contributed by atoms with Gasteiger partial charge in [0.05, 0.1) is 13.2 Å². The third-order valence-electron chi connectivity index (χ3n) is 2.63. The lowest BCUT2D eigenvalue weighted by Crippen LogP contribution is -2.46. The number of carbonyl (C=O) groups excluding carboxylic acids is 1. The molecule has 0 spiro atoms. The fourth-order valence-corrected chi connectivity index (χ4v) is 2.44. The van der Waals surface area contributed by atoms with Gasteiger partial charge in [-0.2, -0.15) is 0 Å². The molecular formula is C13H17N2O2S. The average molecular weight is 265 g/mol. The van der Waals surface area contributed by atoms with E-state index in [1.54, 1.807) is 16.7 Å². The molecule has 97 valence electrons. The predicted octanol–water partition coefficient (Wildman–Crippen LogP) is 1.62. The number of hydrogen-bond acceptors (Lipinski definition) is 3. The molecule has 0 saturated carbocycles. The fourth-order valence-electron chi connectivity index (χ4n) is 1.67. The smallest absolute Gasteiger partial charge is 0.317 e. The third-order valence-corrected chi connectivity index (χ3v) is 3.65. The number of amides is 2. The second-order valence-electron chi connectivity index (χ2n) is 3.92. The van der Waals surface area contributed by atoms with Crippen LogP contribution in [-0.4, -0.2) is 49.5 Å². The molecule has 0 aromatic heterocycles. The molecule has 1 N–H and O–H groups in total. The van der Waals surface area contributed by atoms with Crippen molar-refractivity contribution in [2.45, 2.75) is 4.90 Å². The van der Waals surface area contributed by atoms with Crippen molar-refractivity contribution in [2.75, 3.05) is 38.6 Å². The minimum atomic E-state index is 0.0142. The quantitative estimate of drug-likeness (QED) is 0.664. The minimum absolute atomic E-state index is 0.0142. The van der Waals surface area contributed by atoms with Gasteiger partial charge in [0.15, 0.2) is 0 Å². The van der Waals surface area contributed by atoms with E-state index in [-0.39, 0.29) is 6.03 Å². The Kier molecular flexibility index (Phi) is 5.36. The summed E-state index contributed by atoms with van der Waals surface area (Å²) in [6, 6.07) is 10.8. The zero-order valence-corrected chi connectivity index (χ0v) is 11.0. The largest absolute Gasteiger partial charge is 0.378 e. The zero-order chi connectivity index (χ0) is 12.6. The van der Waals surface area contributed by atoms with Crippen LogP contribution in [-0.2, 0) is 4.74 Å². The van der Waals surface area contributed by atoms with Crippen LogP contribution in [0.15, 0.2) is 29.2 Å². The first-order chi connectivity index (χ1) is 8.86. The monoisotopic (exact) mass is 265 g/mol. The second kappa shape index (κ2) is 7.28. The molecule has 0 unspecified atom stereocenters. The predicted molar refractivity (Wildman–Crippen MR) is 71.8 cm³/mol. The lowest BCUT2D eigenvalue weighted by Gasteiger charge is -2.26. The molecule has 1 radical (unpaired) electrons. The zero-order valence-electron chi connectivity index (χ0n) is 10.2. The van der Waals surface area contributed by atoms with Crippen molar-refractivity contribution in [3.8, 4) is 0 Å². The van der Waals surface area contributed by atoms with E-state index in [4.69, 9.17) is 4.74 Å². The Morgan fingerprint density at radius 3 is 2.83 bits per heavy atom. The maximum absolute atomic E-state index is 11.8. The van der Waals surface area contributed by atoms with Gasteiger partial charge in [0.1, 0.15) is 0 Å². The van der Waals surface area contributed by atoms with Gasteiger partial charge in [-0.25, -0.2) is 4.79 Å². The highest BCUT2D eigenvalue weighted by atomic mass is 32.2. The van der Waals surface area contributed by atoms with Gasteiger partial charge in [-0.1, -0.05) is 12.1 Å². The van der Waals surface area contributed by atoms with Crippen LogP contribution >= 0.6 is 11.8 Å². The normalized spacial score (nSPS) is 15.4. The Morgan fingerprint density at radius 2 is 2.11 bits per heavy atom. The summed E-state index contributed by atoms with van der Waals surface area (Å²) in [6.07, 6.45) is 0. The van der Waals surface area contributed by atoms with Gasteiger partial charge in [-0.15, -0.1) is 11.8 Å². The molecule has 1 aliphatic heterocycles. The molecule has 1 fully saturated rings. The van der Waals surface area contributed by atoms with E-state index < -0.39 is 0 Å². The molecule has 1 aliphatic rings. The van der Waals surface area contributed by atoms with Gasteiger partial charge in [0.25, 0.3) is 0 Å². The Balaban J connectivity index is 1.61. The molecular weight excluding hydrogens is 248 g/mol. The van der Waals surface area contributed by atoms with Gasteiger partial charge in [-0.3, -0.25) is 0 Å². The molecule has 18 heavy (non-hydrogen) atoms. The molecule has 1 heterocycles. The van der Waals surface area contributed by atoms with Crippen LogP contribution in [0.4, 0.5) is 4.79 Å². The number of nitrogens with zero attached hydrogens (tertiary/aromatic N) is 1. The number of urea groups is 1. The van der Waals surface area contributed by atoms with E-state index >= 15 is 0 Å². The molecule has 1 aromatic carbocycles. The molecule has 2 rings (SSSR count). The number of carbonyl (C=O) groups is 1. The Labute approximate surface area is 112 Å². The van der Waals surface area contributed by atoms with Crippen LogP contribution in [0.2, 0.25) is 0 Å². The first kappa shape index (κ1) is 13.2. The summed E-state index contributed by atoms with van der Waals surface area (Å²) in [6.45, 7) is 3.34. The van der Waals surface area contributed by atoms with Crippen molar-refractivity contribution in [1.82, 2.24) is 10.2 Å². The number of nitrogens with one attached hydrogen (secondary N) is 1. The molecule has 5 heteroatoms. The van der Waals surface area contributed by atoms with Gasteiger partial charge in [0.2, 0.25) is 0 Å². The molecule has 4 nitrogen and oxygen atoms in total. The van der Waals surface area contributed by atoms with Gasteiger partial charge < -0.3 is 15.0 Å². The highest BCUT2D eigenvalue weighted by Crippen LogP contribution is 2.15. The average Bonchev–Trinajstić information content (AvgIpc) is 2.45. The van der Waals surface area contributed by atoms with Gasteiger partial charge in [0, 0.05) is 30.3 Å². The number of thioether (sulfide) groups is 1. The highest BCUT2D eigenvalue weighted by Gasteiger charge is 2.15. The van der Waals surface area contributed by atoms with Crippen LogP contribution in [0.3, 0.4) is 0 Å². The van der Waals surface area contributed by atoms with Crippen molar-refractivity contribution < 1.29 is 9.53 Å². The maximum atomic E-state index is 11.8. The Hall–Kier alpha value is -1.20. The lowest BCUT2D eigenvalue weighted by atomic mass is 10.4. The first-order valence-electron chi connectivity index (χ1n) is 6.06. The summed E-state index contributed by atoms with van der Waals surface area (Å²) in [5.41, 5.74) is 0. The lowest BCUT2D eigenvalue weighted by molar-refractivity contribution is 0.0533. The SMILES string of the molecule is O=C(NCCSc1cc[c]cc1)N1CCOCC1.